The summed E-state index contributed by atoms with van der Waals surface area (Å²) in [6.45, 7) is 2.82. The third kappa shape index (κ3) is 3.81. The second-order valence-electron chi connectivity index (χ2n) is 2.56. The van der Waals surface area contributed by atoms with Crippen LogP contribution >= 0.6 is 11.8 Å². The van der Waals surface area contributed by atoms with Crippen LogP contribution in [0.25, 0.3) is 0 Å². The summed E-state index contributed by atoms with van der Waals surface area (Å²) in [7, 11) is 0. The van der Waals surface area contributed by atoms with Gasteiger partial charge >= 0.3 is 0 Å². The first-order valence-corrected chi connectivity index (χ1v) is 5.25. The number of thioether (sulfide) groups is 1. The number of benzene rings is 1. The van der Waals surface area contributed by atoms with Crippen LogP contribution in [0.2, 0.25) is 0 Å². The molecule has 0 atom stereocenters. The molecule has 0 aliphatic heterocycles. The van der Waals surface area contributed by atoms with Crippen LogP contribution < -0.4 is 0 Å². The molecular weight excluding hydrogens is 184 g/mol. The molecule has 2 nitrogen and oxygen atoms in total. The van der Waals surface area contributed by atoms with Crippen LogP contribution in [0.15, 0.2) is 29.2 Å². The molecule has 0 aliphatic carbocycles. The molecule has 0 aliphatic rings. The van der Waals surface area contributed by atoms with Gasteiger partial charge in [-0.2, -0.15) is 0 Å². The van der Waals surface area contributed by atoms with Crippen molar-refractivity contribution in [3.05, 3.63) is 29.8 Å². The molecule has 0 radical (unpaired) electrons. The first kappa shape index (κ1) is 10.6. The largest absolute Gasteiger partial charge is 0.392 e. The Hall–Kier alpha value is -0.510. The quantitative estimate of drug-likeness (QED) is 0.447. The Kier molecular flexibility index (Phi) is 4.90. The molecule has 13 heavy (non-hydrogen) atoms. The lowest BCUT2D eigenvalue weighted by molar-refractivity contribution is 0.199. The van der Waals surface area contributed by atoms with Crippen molar-refractivity contribution in [1.29, 1.82) is 0 Å². The number of hydrogen-bond acceptors (Lipinski definition) is 3. The second-order valence-corrected chi connectivity index (χ2v) is 3.56. The maximum absolute atomic E-state index is 8.89. The van der Waals surface area contributed by atoms with E-state index >= 15 is 0 Å². The van der Waals surface area contributed by atoms with E-state index in [1.165, 1.54) is 0 Å². The van der Waals surface area contributed by atoms with Crippen LogP contribution in [0, 0.1) is 0 Å². The highest BCUT2D eigenvalue weighted by Gasteiger charge is 1.95. The Morgan fingerprint density at radius 3 is 3.00 bits per heavy atom. The minimum atomic E-state index is 0.100. The molecule has 1 aromatic rings. The maximum Gasteiger partial charge on any atom is 0.0966 e. The smallest absolute Gasteiger partial charge is 0.0966 e. The highest BCUT2D eigenvalue weighted by molar-refractivity contribution is 7.99. The van der Waals surface area contributed by atoms with Gasteiger partial charge < -0.3 is 9.84 Å². The molecule has 0 fully saturated rings. The van der Waals surface area contributed by atoms with Crippen LogP contribution in [0.5, 0.6) is 0 Å². The fourth-order valence-electron chi connectivity index (χ4n) is 0.927. The molecule has 0 aromatic heterocycles. The molecule has 0 spiro atoms. The van der Waals surface area contributed by atoms with Gasteiger partial charge in [-0.15, -0.1) is 0 Å². The van der Waals surface area contributed by atoms with E-state index in [0.717, 1.165) is 17.1 Å². The number of rotatable bonds is 5. The highest BCUT2D eigenvalue weighted by Crippen LogP contribution is 2.18. The molecule has 1 aromatic carbocycles. The van der Waals surface area contributed by atoms with E-state index < -0.39 is 0 Å². The monoisotopic (exact) mass is 198 g/mol. The van der Waals surface area contributed by atoms with Gasteiger partial charge in [0.25, 0.3) is 0 Å². The van der Waals surface area contributed by atoms with Gasteiger partial charge in [0.1, 0.15) is 0 Å². The lowest BCUT2D eigenvalue weighted by Crippen LogP contribution is -1.88. The number of aliphatic hydroxyl groups excluding tert-OH is 1. The summed E-state index contributed by atoms with van der Waals surface area (Å²) in [5.74, 6) is 0.672. The molecule has 0 saturated heterocycles. The van der Waals surface area contributed by atoms with E-state index in [1.54, 1.807) is 11.8 Å². The SMILES string of the molecule is CCOCSc1cccc(CO)c1. The first-order chi connectivity index (χ1) is 6.36. The molecule has 1 rings (SSSR count). The maximum atomic E-state index is 8.89. The standard InChI is InChI=1S/C10H14O2S/c1-2-12-8-13-10-5-3-4-9(6-10)7-11/h3-6,11H,2,7-8H2,1H3. The van der Waals surface area contributed by atoms with Crippen molar-refractivity contribution in [1.82, 2.24) is 0 Å². The van der Waals surface area contributed by atoms with Crippen LogP contribution in [-0.2, 0) is 11.3 Å². The predicted molar refractivity (Wildman–Crippen MR) is 54.7 cm³/mol. The number of aliphatic hydroxyl groups is 1. The second kappa shape index (κ2) is 6.02. The molecule has 0 bridgehead atoms. The average molecular weight is 198 g/mol. The number of hydrogen-bond donors (Lipinski definition) is 1. The molecule has 72 valence electrons. The van der Waals surface area contributed by atoms with Gasteiger partial charge in [-0.3, -0.25) is 0 Å². The summed E-state index contributed by atoms with van der Waals surface area (Å²) < 4.78 is 5.21. The van der Waals surface area contributed by atoms with E-state index in [0.29, 0.717) is 5.94 Å². The molecular formula is C10H14O2S. The van der Waals surface area contributed by atoms with Crippen molar-refractivity contribution in [2.75, 3.05) is 12.5 Å². The summed E-state index contributed by atoms with van der Waals surface area (Å²) in [6.07, 6.45) is 0. The minimum absolute atomic E-state index is 0.100. The number of ether oxygens (including phenoxy) is 1. The van der Waals surface area contributed by atoms with Crippen molar-refractivity contribution >= 4 is 11.8 Å². The van der Waals surface area contributed by atoms with Gasteiger partial charge in [0.2, 0.25) is 0 Å². The minimum Gasteiger partial charge on any atom is -0.392 e. The fourth-order valence-corrected chi connectivity index (χ4v) is 1.72. The Morgan fingerprint density at radius 2 is 2.31 bits per heavy atom. The van der Waals surface area contributed by atoms with Gasteiger partial charge in [0, 0.05) is 11.5 Å². The Morgan fingerprint density at radius 1 is 1.46 bits per heavy atom. The molecule has 0 amide bonds. The molecule has 0 saturated carbocycles. The molecule has 0 heterocycles. The van der Waals surface area contributed by atoms with E-state index in [1.807, 2.05) is 31.2 Å². The van der Waals surface area contributed by atoms with Gasteiger partial charge in [-0.05, 0) is 24.6 Å². The van der Waals surface area contributed by atoms with Crippen LogP contribution in [-0.4, -0.2) is 17.7 Å². The lowest BCUT2D eigenvalue weighted by Gasteiger charge is -2.02. The van der Waals surface area contributed by atoms with E-state index in [-0.39, 0.29) is 6.61 Å². The topological polar surface area (TPSA) is 29.5 Å². The zero-order chi connectivity index (χ0) is 9.52. The lowest BCUT2D eigenvalue weighted by atomic mass is 10.2. The Labute approximate surface area is 82.9 Å². The Bertz CT molecular complexity index is 250. The average Bonchev–Trinajstić information content (AvgIpc) is 2.19. The summed E-state index contributed by atoms with van der Waals surface area (Å²) in [5.41, 5.74) is 0.946. The highest BCUT2D eigenvalue weighted by atomic mass is 32.2. The van der Waals surface area contributed by atoms with Gasteiger partial charge in [0.05, 0.1) is 12.5 Å². The van der Waals surface area contributed by atoms with Crippen LogP contribution in [0.4, 0.5) is 0 Å². The van der Waals surface area contributed by atoms with Crippen LogP contribution in [0.3, 0.4) is 0 Å². The molecule has 3 heteroatoms. The van der Waals surface area contributed by atoms with Crippen molar-refractivity contribution in [3.63, 3.8) is 0 Å². The van der Waals surface area contributed by atoms with E-state index in [9.17, 15) is 0 Å². The van der Waals surface area contributed by atoms with Gasteiger partial charge in [-0.25, -0.2) is 0 Å². The zero-order valence-electron chi connectivity index (χ0n) is 7.69. The Balaban J connectivity index is 2.46. The normalized spacial score (nSPS) is 10.3. The summed E-state index contributed by atoms with van der Waals surface area (Å²) >= 11 is 1.64. The third-order valence-corrected chi connectivity index (χ3v) is 2.47. The van der Waals surface area contributed by atoms with Crippen LogP contribution in [0.1, 0.15) is 12.5 Å². The molecule has 0 unspecified atom stereocenters. The van der Waals surface area contributed by atoms with Crippen molar-refractivity contribution in [3.8, 4) is 0 Å². The predicted octanol–water partition coefficient (Wildman–Crippen LogP) is 2.27. The summed E-state index contributed by atoms with van der Waals surface area (Å²) in [6, 6.07) is 7.84. The van der Waals surface area contributed by atoms with E-state index in [4.69, 9.17) is 9.84 Å². The summed E-state index contributed by atoms with van der Waals surface area (Å²) in [5, 5.41) is 8.89. The van der Waals surface area contributed by atoms with E-state index in [2.05, 4.69) is 0 Å². The fraction of sp³-hybridized carbons (Fsp3) is 0.400. The van der Waals surface area contributed by atoms with Crippen molar-refractivity contribution in [2.45, 2.75) is 18.4 Å². The zero-order valence-corrected chi connectivity index (χ0v) is 8.51. The summed E-state index contributed by atoms with van der Waals surface area (Å²) in [4.78, 5) is 1.14. The third-order valence-electron chi connectivity index (χ3n) is 1.59. The molecule has 1 N–H and O–H groups in total. The van der Waals surface area contributed by atoms with Gasteiger partial charge in [0.15, 0.2) is 0 Å². The van der Waals surface area contributed by atoms with Crippen molar-refractivity contribution < 1.29 is 9.84 Å². The van der Waals surface area contributed by atoms with Gasteiger partial charge in [-0.1, -0.05) is 23.9 Å². The first-order valence-electron chi connectivity index (χ1n) is 4.27. The van der Waals surface area contributed by atoms with Crippen molar-refractivity contribution in [2.24, 2.45) is 0 Å².